The molecule has 1 aliphatic heterocycles. The van der Waals surface area contributed by atoms with Crippen molar-refractivity contribution in [3.05, 3.63) is 0 Å². The summed E-state index contributed by atoms with van der Waals surface area (Å²) in [5, 5.41) is 0. The van der Waals surface area contributed by atoms with Gasteiger partial charge < -0.3 is 10.6 Å². The van der Waals surface area contributed by atoms with Crippen molar-refractivity contribution < 1.29 is 0 Å². The monoisotopic (exact) mass is 230 g/mol. The summed E-state index contributed by atoms with van der Waals surface area (Å²) < 4.78 is 0.455. The number of nitrogens with zero attached hydrogens (tertiary/aromatic N) is 1. The standard InChI is InChI=1S/C12H26N2S/c1-10(2)11(13)9-14-6-5-12(3,4)15-8-7-14/h10-11H,5-9,13H2,1-4H3. The normalized spacial score (nSPS) is 25.2. The first-order valence-electron chi connectivity index (χ1n) is 6.02. The second kappa shape index (κ2) is 5.55. The summed E-state index contributed by atoms with van der Waals surface area (Å²) in [4.78, 5) is 2.53. The zero-order valence-electron chi connectivity index (χ0n) is 10.6. The van der Waals surface area contributed by atoms with Crippen LogP contribution in [0.3, 0.4) is 0 Å². The Bertz CT molecular complexity index is 192. The van der Waals surface area contributed by atoms with Gasteiger partial charge in [-0.2, -0.15) is 11.8 Å². The molecule has 0 saturated carbocycles. The molecule has 0 aromatic carbocycles. The van der Waals surface area contributed by atoms with Crippen LogP contribution < -0.4 is 5.73 Å². The van der Waals surface area contributed by atoms with Crippen LogP contribution in [0.15, 0.2) is 0 Å². The molecule has 0 bridgehead atoms. The van der Waals surface area contributed by atoms with E-state index >= 15 is 0 Å². The lowest BCUT2D eigenvalue weighted by Gasteiger charge is -2.26. The van der Waals surface area contributed by atoms with Crippen LogP contribution in [0.4, 0.5) is 0 Å². The van der Waals surface area contributed by atoms with E-state index in [0.717, 1.165) is 6.54 Å². The number of hydrogen-bond acceptors (Lipinski definition) is 3. The minimum atomic E-state index is 0.330. The summed E-state index contributed by atoms with van der Waals surface area (Å²) in [6, 6.07) is 0.330. The Labute approximate surface area is 99.0 Å². The number of hydrogen-bond donors (Lipinski definition) is 1. The van der Waals surface area contributed by atoms with Crippen molar-refractivity contribution in [2.45, 2.75) is 44.9 Å². The van der Waals surface area contributed by atoms with Crippen molar-refractivity contribution in [2.24, 2.45) is 11.7 Å². The van der Waals surface area contributed by atoms with E-state index in [1.54, 1.807) is 0 Å². The van der Waals surface area contributed by atoms with Crippen molar-refractivity contribution in [3.63, 3.8) is 0 Å². The first kappa shape index (κ1) is 13.3. The van der Waals surface area contributed by atoms with E-state index in [4.69, 9.17) is 5.73 Å². The van der Waals surface area contributed by atoms with Crippen LogP contribution in [0.1, 0.15) is 34.1 Å². The maximum atomic E-state index is 6.12. The molecule has 1 atom stereocenters. The van der Waals surface area contributed by atoms with Gasteiger partial charge in [0, 0.05) is 29.6 Å². The van der Waals surface area contributed by atoms with Gasteiger partial charge in [0.15, 0.2) is 0 Å². The van der Waals surface area contributed by atoms with E-state index in [1.165, 1.54) is 25.3 Å². The Morgan fingerprint density at radius 2 is 2.00 bits per heavy atom. The average molecular weight is 230 g/mol. The van der Waals surface area contributed by atoms with Gasteiger partial charge in [0.1, 0.15) is 0 Å². The molecular weight excluding hydrogens is 204 g/mol. The van der Waals surface area contributed by atoms with E-state index in [9.17, 15) is 0 Å². The minimum absolute atomic E-state index is 0.330. The molecule has 1 rings (SSSR count). The predicted molar refractivity (Wildman–Crippen MR) is 70.4 cm³/mol. The van der Waals surface area contributed by atoms with Crippen LogP contribution in [0.5, 0.6) is 0 Å². The third-order valence-electron chi connectivity index (χ3n) is 3.26. The third-order valence-corrected chi connectivity index (χ3v) is 4.63. The highest BCUT2D eigenvalue weighted by molar-refractivity contribution is 8.00. The van der Waals surface area contributed by atoms with Gasteiger partial charge in [0.25, 0.3) is 0 Å². The lowest BCUT2D eigenvalue weighted by Crippen LogP contribution is -2.41. The first-order valence-corrected chi connectivity index (χ1v) is 7.01. The molecule has 1 saturated heterocycles. The van der Waals surface area contributed by atoms with Gasteiger partial charge in [0.2, 0.25) is 0 Å². The number of nitrogens with two attached hydrogens (primary N) is 1. The second-order valence-electron chi connectivity index (χ2n) is 5.57. The van der Waals surface area contributed by atoms with E-state index in [2.05, 4.69) is 44.4 Å². The lowest BCUT2D eigenvalue weighted by molar-refractivity contribution is 0.246. The maximum Gasteiger partial charge on any atom is 0.0191 e. The summed E-state index contributed by atoms with van der Waals surface area (Å²) in [6.45, 7) is 12.6. The van der Waals surface area contributed by atoms with Crippen molar-refractivity contribution in [1.29, 1.82) is 0 Å². The molecule has 0 aromatic heterocycles. The SMILES string of the molecule is CC(C)C(N)CN1CCSC(C)(C)CC1. The quantitative estimate of drug-likeness (QED) is 0.806. The molecule has 90 valence electrons. The van der Waals surface area contributed by atoms with Crippen LogP contribution in [0.25, 0.3) is 0 Å². The van der Waals surface area contributed by atoms with E-state index in [-0.39, 0.29) is 0 Å². The summed E-state index contributed by atoms with van der Waals surface area (Å²) in [5.41, 5.74) is 6.12. The van der Waals surface area contributed by atoms with Gasteiger partial charge in [-0.05, 0) is 18.9 Å². The Kier molecular flexibility index (Phi) is 4.94. The molecule has 2 N–H and O–H groups in total. The van der Waals surface area contributed by atoms with Gasteiger partial charge in [0.05, 0.1) is 0 Å². The Morgan fingerprint density at radius 1 is 1.33 bits per heavy atom. The Hall–Kier alpha value is 0.270. The largest absolute Gasteiger partial charge is 0.326 e. The Morgan fingerprint density at radius 3 is 2.60 bits per heavy atom. The smallest absolute Gasteiger partial charge is 0.0191 e. The third kappa shape index (κ3) is 4.75. The zero-order chi connectivity index (χ0) is 11.5. The molecule has 3 heteroatoms. The topological polar surface area (TPSA) is 29.3 Å². The van der Waals surface area contributed by atoms with Crippen LogP contribution in [0.2, 0.25) is 0 Å². The van der Waals surface area contributed by atoms with Gasteiger partial charge in [-0.1, -0.05) is 27.7 Å². The predicted octanol–water partition coefficient (Wildman–Crippen LogP) is 2.19. The van der Waals surface area contributed by atoms with Crippen LogP contribution in [-0.2, 0) is 0 Å². The fourth-order valence-electron chi connectivity index (χ4n) is 1.75. The number of thioether (sulfide) groups is 1. The van der Waals surface area contributed by atoms with E-state index in [1.807, 2.05) is 0 Å². The van der Waals surface area contributed by atoms with Crippen LogP contribution in [0, 0.1) is 5.92 Å². The van der Waals surface area contributed by atoms with E-state index < -0.39 is 0 Å². The molecule has 0 amide bonds. The fourth-order valence-corrected chi connectivity index (χ4v) is 2.89. The highest BCUT2D eigenvalue weighted by Gasteiger charge is 2.24. The van der Waals surface area contributed by atoms with Crippen molar-refractivity contribution in [2.75, 3.05) is 25.4 Å². The highest BCUT2D eigenvalue weighted by Crippen LogP contribution is 2.30. The molecule has 0 radical (unpaired) electrons. The first-order chi connectivity index (χ1) is 6.91. The summed E-state index contributed by atoms with van der Waals surface area (Å²) in [6.07, 6.45) is 1.28. The van der Waals surface area contributed by atoms with Gasteiger partial charge >= 0.3 is 0 Å². The molecule has 15 heavy (non-hydrogen) atoms. The lowest BCUT2D eigenvalue weighted by atomic mass is 10.0. The van der Waals surface area contributed by atoms with Crippen LogP contribution in [-0.4, -0.2) is 41.1 Å². The van der Waals surface area contributed by atoms with Gasteiger partial charge in [-0.25, -0.2) is 0 Å². The van der Waals surface area contributed by atoms with Crippen LogP contribution >= 0.6 is 11.8 Å². The molecule has 2 nitrogen and oxygen atoms in total. The summed E-state index contributed by atoms with van der Waals surface area (Å²) >= 11 is 2.10. The zero-order valence-corrected chi connectivity index (χ0v) is 11.4. The van der Waals surface area contributed by atoms with Gasteiger partial charge in [-0.15, -0.1) is 0 Å². The second-order valence-corrected chi connectivity index (χ2v) is 7.37. The Balaban J connectivity index is 2.38. The molecule has 1 unspecified atom stereocenters. The highest BCUT2D eigenvalue weighted by atomic mass is 32.2. The summed E-state index contributed by atoms with van der Waals surface area (Å²) in [5.74, 6) is 1.84. The van der Waals surface area contributed by atoms with Crippen molar-refractivity contribution in [3.8, 4) is 0 Å². The molecule has 1 heterocycles. The molecule has 1 fully saturated rings. The number of rotatable bonds is 3. The molecule has 0 aliphatic carbocycles. The molecule has 1 aliphatic rings. The molecule has 0 aromatic rings. The van der Waals surface area contributed by atoms with Crippen molar-refractivity contribution >= 4 is 11.8 Å². The average Bonchev–Trinajstić information content (AvgIpc) is 2.28. The molecule has 0 spiro atoms. The maximum absolute atomic E-state index is 6.12. The summed E-state index contributed by atoms with van der Waals surface area (Å²) in [7, 11) is 0. The van der Waals surface area contributed by atoms with Gasteiger partial charge in [-0.3, -0.25) is 0 Å². The fraction of sp³-hybridized carbons (Fsp3) is 1.00. The molecular formula is C12H26N2S. The minimum Gasteiger partial charge on any atom is -0.326 e. The van der Waals surface area contributed by atoms with Crippen molar-refractivity contribution in [1.82, 2.24) is 4.90 Å². The van der Waals surface area contributed by atoms with E-state index in [0.29, 0.717) is 16.7 Å².